The number of nitrogens with one attached hydrogen (secondary N) is 1. The van der Waals surface area contributed by atoms with E-state index in [2.05, 4.69) is 5.32 Å². The number of nitrogens with two attached hydrogens (primary N) is 2. The molecular weight excluding hydrogens is 290 g/mol. The number of rotatable bonds is 5. The van der Waals surface area contributed by atoms with Crippen molar-refractivity contribution in [3.63, 3.8) is 0 Å². The lowest BCUT2D eigenvalue weighted by molar-refractivity contribution is 0.340. The van der Waals surface area contributed by atoms with Gasteiger partial charge in [-0.15, -0.1) is 0 Å². The van der Waals surface area contributed by atoms with E-state index in [1.807, 2.05) is 31.2 Å². The number of hydrogen-bond donors (Lipinski definition) is 3. The second-order valence-corrected chi connectivity index (χ2v) is 5.94. The van der Waals surface area contributed by atoms with Gasteiger partial charge in [0.1, 0.15) is 5.75 Å². The first kappa shape index (κ1) is 15.1. The van der Waals surface area contributed by atoms with Crippen LogP contribution in [0.5, 0.6) is 5.75 Å². The molecule has 0 saturated carbocycles. The van der Waals surface area contributed by atoms with Crippen molar-refractivity contribution in [3.05, 3.63) is 42.5 Å². The summed E-state index contributed by atoms with van der Waals surface area (Å²) < 4.78 is 28.1. The smallest absolute Gasteiger partial charge is 0.238 e. The van der Waals surface area contributed by atoms with Crippen LogP contribution >= 0.6 is 0 Å². The van der Waals surface area contributed by atoms with Crippen molar-refractivity contribution in [2.24, 2.45) is 5.14 Å². The van der Waals surface area contributed by atoms with Crippen LogP contribution in [0.1, 0.15) is 6.92 Å². The molecule has 112 valence electrons. The van der Waals surface area contributed by atoms with Gasteiger partial charge in [0.2, 0.25) is 10.0 Å². The van der Waals surface area contributed by atoms with Crippen LogP contribution in [0.3, 0.4) is 0 Å². The Labute approximate surface area is 123 Å². The third-order valence-electron chi connectivity index (χ3n) is 2.80. The van der Waals surface area contributed by atoms with Gasteiger partial charge in [-0.05, 0) is 49.4 Å². The summed E-state index contributed by atoms with van der Waals surface area (Å²) in [4.78, 5) is 0.00476. The van der Waals surface area contributed by atoms with Crippen LogP contribution in [0.4, 0.5) is 17.1 Å². The summed E-state index contributed by atoms with van der Waals surface area (Å²) in [6.07, 6.45) is 0. The Morgan fingerprint density at radius 2 is 1.81 bits per heavy atom. The minimum Gasteiger partial charge on any atom is -0.494 e. The first-order valence-corrected chi connectivity index (χ1v) is 7.87. The standard InChI is InChI=1S/C14H17N3O3S/c1-2-20-11-5-3-10(4-6-11)17-14-9-12(21(16,18)19)7-8-13(14)15/h3-9,17H,2,15H2,1H3,(H2,16,18,19). The van der Waals surface area contributed by atoms with Crippen LogP contribution in [0, 0.1) is 0 Å². The van der Waals surface area contributed by atoms with Crippen LogP contribution in [0.25, 0.3) is 0 Å². The summed E-state index contributed by atoms with van der Waals surface area (Å²) in [5, 5.41) is 8.16. The fraction of sp³-hybridized carbons (Fsp3) is 0.143. The maximum absolute atomic E-state index is 11.4. The van der Waals surface area contributed by atoms with Gasteiger partial charge in [0, 0.05) is 5.69 Å². The van der Waals surface area contributed by atoms with Gasteiger partial charge in [0.25, 0.3) is 0 Å². The van der Waals surface area contributed by atoms with Gasteiger partial charge >= 0.3 is 0 Å². The molecule has 2 aromatic rings. The van der Waals surface area contributed by atoms with E-state index < -0.39 is 10.0 Å². The van der Waals surface area contributed by atoms with Gasteiger partial charge in [-0.1, -0.05) is 0 Å². The molecule has 0 radical (unpaired) electrons. The third kappa shape index (κ3) is 3.87. The largest absolute Gasteiger partial charge is 0.494 e. The molecule has 0 aliphatic carbocycles. The number of anilines is 3. The monoisotopic (exact) mass is 307 g/mol. The van der Waals surface area contributed by atoms with Crippen LogP contribution in [0.15, 0.2) is 47.4 Å². The molecule has 0 amide bonds. The van der Waals surface area contributed by atoms with Gasteiger partial charge in [-0.3, -0.25) is 0 Å². The number of ether oxygens (including phenoxy) is 1. The van der Waals surface area contributed by atoms with E-state index >= 15 is 0 Å². The number of nitrogen functional groups attached to an aromatic ring is 1. The number of benzene rings is 2. The molecule has 2 aromatic carbocycles. The molecule has 0 fully saturated rings. The molecule has 5 N–H and O–H groups in total. The third-order valence-corrected chi connectivity index (χ3v) is 3.71. The van der Waals surface area contributed by atoms with Gasteiger partial charge in [-0.25, -0.2) is 13.6 Å². The molecule has 0 aromatic heterocycles. The highest BCUT2D eigenvalue weighted by Crippen LogP contribution is 2.26. The van der Waals surface area contributed by atoms with Gasteiger partial charge in [0.05, 0.1) is 22.9 Å². The van der Waals surface area contributed by atoms with Crippen LogP contribution in [-0.4, -0.2) is 15.0 Å². The highest BCUT2D eigenvalue weighted by Gasteiger charge is 2.10. The molecule has 0 saturated heterocycles. The van der Waals surface area contributed by atoms with Gasteiger partial charge in [0.15, 0.2) is 0 Å². The lowest BCUT2D eigenvalue weighted by Crippen LogP contribution is -2.12. The second-order valence-electron chi connectivity index (χ2n) is 4.38. The zero-order valence-corrected chi connectivity index (χ0v) is 12.4. The first-order valence-electron chi connectivity index (χ1n) is 6.32. The van der Waals surface area contributed by atoms with Crippen molar-refractivity contribution in [3.8, 4) is 5.75 Å². The summed E-state index contributed by atoms with van der Waals surface area (Å²) in [5.74, 6) is 0.759. The van der Waals surface area contributed by atoms with Gasteiger partial charge < -0.3 is 15.8 Å². The summed E-state index contributed by atoms with van der Waals surface area (Å²) in [6, 6.07) is 11.5. The fourth-order valence-corrected chi connectivity index (χ4v) is 2.32. The molecule has 0 spiro atoms. The van der Waals surface area contributed by atoms with Crippen molar-refractivity contribution < 1.29 is 13.2 Å². The summed E-state index contributed by atoms with van der Waals surface area (Å²) in [6.45, 7) is 2.50. The first-order chi connectivity index (χ1) is 9.90. The van der Waals surface area contributed by atoms with E-state index in [9.17, 15) is 8.42 Å². The number of hydrogen-bond acceptors (Lipinski definition) is 5. The zero-order chi connectivity index (χ0) is 15.5. The van der Waals surface area contributed by atoms with Crippen molar-refractivity contribution in [2.45, 2.75) is 11.8 Å². The average Bonchev–Trinajstić information content (AvgIpc) is 2.42. The maximum atomic E-state index is 11.4. The Balaban J connectivity index is 2.26. The summed E-state index contributed by atoms with van der Waals surface area (Å²) >= 11 is 0. The molecule has 0 aliphatic rings. The van der Waals surface area contributed by atoms with Crippen LogP contribution < -0.4 is 20.9 Å². The number of primary sulfonamides is 1. The molecule has 0 unspecified atom stereocenters. The zero-order valence-electron chi connectivity index (χ0n) is 11.5. The SMILES string of the molecule is CCOc1ccc(Nc2cc(S(N)(=O)=O)ccc2N)cc1. The molecule has 7 heteroatoms. The predicted octanol–water partition coefficient (Wildman–Crippen LogP) is 2.06. The van der Waals surface area contributed by atoms with E-state index in [-0.39, 0.29) is 4.90 Å². The Hall–Kier alpha value is -2.25. The quantitative estimate of drug-likeness (QED) is 0.733. The molecule has 0 bridgehead atoms. The van der Waals surface area contributed by atoms with Crippen molar-refractivity contribution in [1.29, 1.82) is 0 Å². The highest BCUT2D eigenvalue weighted by molar-refractivity contribution is 7.89. The molecule has 2 rings (SSSR count). The van der Waals surface area contributed by atoms with E-state index in [0.717, 1.165) is 11.4 Å². The van der Waals surface area contributed by atoms with Crippen LogP contribution in [-0.2, 0) is 10.0 Å². The predicted molar refractivity (Wildman–Crippen MR) is 83.1 cm³/mol. The molecule has 21 heavy (non-hydrogen) atoms. The van der Waals surface area contributed by atoms with Crippen LogP contribution in [0.2, 0.25) is 0 Å². The highest BCUT2D eigenvalue weighted by atomic mass is 32.2. The van der Waals surface area contributed by atoms with Crippen molar-refractivity contribution in [1.82, 2.24) is 0 Å². The molecule has 6 nitrogen and oxygen atoms in total. The Kier molecular flexibility index (Phi) is 4.35. The minimum atomic E-state index is -3.76. The Morgan fingerprint density at radius 3 is 2.38 bits per heavy atom. The van der Waals surface area contributed by atoms with E-state index in [4.69, 9.17) is 15.6 Å². The van der Waals surface area contributed by atoms with E-state index in [1.165, 1.54) is 18.2 Å². The van der Waals surface area contributed by atoms with E-state index in [0.29, 0.717) is 18.0 Å². The average molecular weight is 307 g/mol. The molecule has 0 heterocycles. The minimum absolute atomic E-state index is 0.00476. The topological polar surface area (TPSA) is 107 Å². The lowest BCUT2D eigenvalue weighted by atomic mass is 10.2. The Morgan fingerprint density at radius 1 is 1.14 bits per heavy atom. The fourth-order valence-electron chi connectivity index (χ4n) is 1.78. The molecule has 0 aliphatic heterocycles. The summed E-state index contributed by atoms with van der Waals surface area (Å²) in [7, 11) is -3.76. The summed E-state index contributed by atoms with van der Waals surface area (Å²) in [5.41, 5.74) is 7.50. The normalized spacial score (nSPS) is 11.1. The van der Waals surface area contributed by atoms with E-state index in [1.54, 1.807) is 0 Å². The van der Waals surface area contributed by atoms with Crippen molar-refractivity contribution >= 4 is 27.1 Å². The number of sulfonamides is 1. The lowest BCUT2D eigenvalue weighted by Gasteiger charge is -2.11. The van der Waals surface area contributed by atoms with Crippen molar-refractivity contribution in [2.75, 3.05) is 17.7 Å². The molecular formula is C14H17N3O3S. The Bertz CT molecular complexity index is 728. The second kappa shape index (κ2) is 6.02. The van der Waals surface area contributed by atoms with Gasteiger partial charge in [-0.2, -0.15) is 0 Å². The molecule has 0 atom stereocenters. The maximum Gasteiger partial charge on any atom is 0.238 e.